The van der Waals surface area contributed by atoms with E-state index in [1.54, 1.807) is 0 Å². The van der Waals surface area contributed by atoms with Crippen LogP contribution in [-0.4, -0.2) is 6.54 Å². The van der Waals surface area contributed by atoms with Gasteiger partial charge in [-0.05, 0) is 30.5 Å². The van der Waals surface area contributed by atoms with E-state index in [4.69, 9.17) is 5.26 Å². The first-order valence-corrected chi connectivity index (χ1v) is 4.88. The van der Waals surface area contributed by atoms with Crippen molar-refractivity contribution < 1.29 is 0 Å². The molecule has 0 atom stereocenters. The number of rotatable bonds is 4. The Labute approximate surface area is 85.6 Å². The van der Waals surface area contributed by atoms with E-state index in [1.807, 2.05) is 0 Å². The second-order valence-corrected chi connectivity index (χ2v) is 3.50. The molecule has 74 valence electrons. The number of hydrogen-bond acceptors (Lipinski definition) is 2. The first-order valence-electron chi connectivity index (χ1n) is 4.88. The summed E-state index contributed by atoms with van der Waals surface area (Å²) in [5.74, 6) is 0. The number of nitriles is 1. The lowest BCUT2D eigenvalue weighted by Gasteiger charge is -2.05. The molecule has 0 amide bonds. The second-order valence-electron chi connectivity index (χ2n) is 3.50. The van der Waals surface area contributed by atoms with Crippen molar-refractivity contribution in [2.75, 3.05) is 6.54 Å². The molecule has 2 heteroatoms. The predicted octanol–water partition coefficient (Wildman–Crippen LogP) is 2.31. The maximum atomic E-state index is 8.35. The van der Waals surface area contributed by atoms with E-state index < -0.39 is 0 Å². The number of nitrogens with zero attached hydrogens (tertiary/aromatic N) is 1. The molecule has 0 saturated heterocycles. The van der Waals surface area contributed by atoms with Crippen LogP contribution in [0.15, 0.2) is 18.2 Å². The third-order valence-electron chi connectivity index (χ3n) is 2.31. The molecular formula is C12H16N2. The molecule has 0 unspecified atom stereocenters. The lowest BCUT2D eigenvalue weighted by molar-refractivity contribution is 0.698. The van der Waals surface area contributed by atoms with Crippen LogP contribution in [0.2, 0.25) is 0 Å². The van der Waals surface area contributed by atoms with Gasteiger partial charge in [-0.3, -0.25) is 0 Å². The molecule has 2 nitrogen and oxygen atoms in total. The lowest BCUT2D eigenvalue weighted by Crippen LogP contribution is -2.14. The maximum absolute atomic E-state index is 8.35. The van der Waals surface area contributed by atoms with Crippen LogP contribution in [0.1, 0.15) is 23.1 Å². The molecule has 1 aromatic carbocycles. The molecule has 0 bridgehead atoms. The zero-order chi connectivity index (χ0) is 10.4. The van der Waals surface area contributed by atoms with Crippen molar-refractivity contribution in [3.05, 3.63) is 34.9 Å². The topological polar surface area (TPSA) is 35.8 Å². The van der Waals surface area contributed by atoms with Gasteiger partial charge >= 0.3 is 0 Å². The van der Waals surface area contributed by atoms with E-state index >= 15 is 0 Å². The minimum absolute atomic E-state index is 0.574. The Balaban J connectivity index is 2.44. The summed E-state index contributed by atoms with van der Waals surface area (Å²) in [6.45, 7) is 5.85. The fourth-order valence-corrected chi connectivity index (χ4v) is 1.29. The molecule has 0 aliphatic heterocycles. The highest BCUT2D eigenvalue weighted by Crippen LogP contribution is 2.09. The van der Waals surface area contributed by atoms with Crippen LogP contribution in [-0.2, 0) is 6.54 Å². The highest BCUT2D eigenvalue weighted by molar-refractivity contribution is 5.29. The molecule has 1 rings (SSSR count). The highest BCUT2D eigenvalue weighted by Gasteiger charge is 1.95. The van der Waals surface area contributed by atoms with Gasteiger partial charge in [0.25, 0.3) is 0 Å². The Morgan fingerprint density at radius 2 is 2.07 bits per heavy atom. The largest absolute Gasteiger partial charge is 0.312 e. The van der Waals surface area contributed by atoms with Crippen molar-refractivity contribution in [1.29, 1.82) is 5.26 Å². The summed E-state index contributed by atoms with van der Waals surface area (Å²) in [7, 11) is 0. The molecular weight excluding hydrogens is 172 g/mol. The normalized spacial score (nSPS) is 9.79. The Kier molecular flexibility index (Phi) is 4.15. The molecule has 1 N–H and O–H groups in total. The molecule has 0 heterocycles. The van der Waals surface area contributed by atoms with Crippen molar-refractivity contribution in [2.24, 2.45) is 0 Å². The lowest BCUT2D eigenvalue weighted by atomic mass is 10.1. The number of aryl methyl sites for hydroxylation is 2. The van der Waals surface area contributed by atoms with Gasteiger partial charge in [0.15, 0.2) is 0 Å². The van der Waals surface area contributed by atoms with Crippen LogP contribution in [0.3, 0.4) is 0 Å². The summed E-state index contributed by atoms with van der Waals surface area (Å²) in [6.07, 6.45) is 0.574. The van der Waals surface area contributed by atoms with Gasteiger partial charge in [0, 0.05) is 19.5 Å². The molecule has 0 fully saturated rings. The third-order valence-corrected chi connectivity index (χ3v) is 2.31. The van der Waals surface area contributed by atoms with Crippen molar-refractivity contribution >= 4 is 0 Å². The minimum Gasteiger partial charge on any atom is -0.312 e. The van der Waals surface area contributed by atoms with Gasteiger partial charge in [0.1, 0.15) is 0 Å². The number of benzene rings is 1. The summed E-state index contributed by atoms with van der Waals surface area (Å²) >= 11 is 0. The van der Waals surface area contributed by atoms with Crippen molar-refractivity contribution in [2.45, 2.75) is 26.8 Å². The summed E-state index contributed by atoms with van der Waals surface area (Å²) in [4.78, 5) is 0. The second kappa shape index (κ2) is 5.41. The van der Waals surface area contributed by atoms with E-state index in [1.165, 1.54) is 16.7 Å². The first kappa shape index (κ1) is 10.7. The summed E-state index contributed by atoms with van der Waals surface area (Å²) < 4.78 is 0. The molecule has 0 spiro atoms. The van der Waals surface area contributed by atoms with E-state index in [-0.39, 0.29) is 0 Å². The molecule has 0 aromatic heterocycles. The molecule has 14 heavy (non-hydrogen) atoms. The highest BCUT2D eigenvalue weighted by atomic mass is 14.8. The van der Waals surface area contributed by atoms with Crippen LogP contribution in [0.25, 0.3) is 0 Å². The summed E-state index contributed by atoms with van der Waals surface area (Å²) in [6, 6.07) is 8.56. The van der Waals surface area contributed by atoms with E-state index in [0.717, 1.165) is 13.1 Å². The fraction of sp³-hybridized carbons (Fsp3) is 0.417. The van der Waals surface area contributed by atoms with E-state index in [0.29, 0.717) is 6.42 Å². The third kappa shape index (κ3) is 3.20. The number of nitrogens with one attached hydrogen (secondary N) is 1. The minimum atomic E-state index is 0.574. The molecule has 0 saturated carbocycles. The summed E-state index contributed by atoms with van der Waals surface area (Å²) in [5, 5.41) is 11.6. The van der Waals surface area contributed by atoms with Crippen molar-refractivity contribution in [3.8, 4) is 6.07 Å². The average molecular weight is 188 g/mol. The zero-order valence-corrected chi connectivity index (χ0v) is 8.80. The Bertz CT molecular complexity index is 337. The Hall–Kier alpha value is -1.33. The van der Waals surface area contributed by atoms with Gasteiger partial charge in [-0.2, -0.15) is 5.26 Å². The van der Waals surface area contributed by atoms with Crippen LogP contribution >= 0.6 is 0 Å². The molecule has 0 aliphatic carbocycles. The van der Waals surface area contributed by atoms with Crippen LogP contribution in [0, 0.1) is 25.2 Å². The smallest absolute Gasteiger partial charge is 0.0635 e. The van der Waals surface area contributed by atoms with Crippen molar-refractivity contribution in [3.63, 3.8) is 0 Å². The van der Waals surface area contributed by atoms with Gasteiger partial charge in [-0.1, -0.05) is 18.2 Å². The predicted molar refractivity (Wildman–Crippen MR) is 57.9 cm³/mol. The molecule has 0 aliphatic rings. The van der Waals surface area contributed by atoms with Gasteiger partial charge in [0.2, 0.25) is 0 Å². The van der Waals surface area contributed by atoms with Gasteiger partial charge in [-0.25, -0.2) is 0 Å². The zero-order valence-electron chi connectivity index (χ0n) is 8.80. The quantitative estimate of drug-likeness (QED) is 0.736. The number of hydrogen-bond donors (Lipinski definition) is 1. The van der Waals surface area contributed by atoms with E-state index in [9.17, 15) is 0 Å². The first-order chi connectivity index (χ1) is 6.74. The van der Waals surface area contributed by atoms with Crippen LogP contribution in [0.5, 0.6) is 0 Å². The average Bonchev–Trinajstić information content (AvgIpc) is 2.18. The van der Waals surface area contributed by atoms with Crippen molar-refractivity contribution in [1.82, 2.24) is 5.32 Å². The van der Waals surface area contributed by atoms with Crippen LogP contribution in [0.4, 0.5) is 0 Å². The van der Waals surface area contributed by atoms with Gasteiger partial charge < -0.3 is 5.32 Å². The van der Waals surface area contributed by atoms with Gasteiger partial charge in [0.05, 0.1) is 6.07 Å². The Morgan fingerprint density at radius 3 is 2.71 bits per heavy atom. The monoisotopic (exact) mass is 188 g/mol. The SMILES string of the molecule is Cc1ccc(CNCCC#N)cc1C. The van der Waals surface area contributed by atoms with Crippen LogP contribution < -0.4 is 5.32 Å². The molecule has 1 aromatic rings. The van der Waals surface area contributed by atoms with Gasteiger partial charge in [-0.15, -0.1) is 0 Å². The maximum Gasteiger partial charge on any atom is 0.0635 e. The Morgan fingerprint density at radius 1 is 1.29 bits per heavy atom. The molecule has 0 radical (unpaired) electrons. The van der Waals surface area contributed by atoms with E-state index in [2.05, 4.69) is 43.4 Å². The fourth-order valence-electron chi connectivity index (χ4n) is 1.29. The summed E-state index contributed by atoms with van der Waals surface area (Å²) in [5.41, 5.74) is 3.93. The standard InChI is InChI=1S/C12H16N2/c1-10-4-5-12(8-11(10)2)9-14-7-3-6-13/h4-5,8,14H,3,7,9H2,1-2H3.